The van der Waals surface area contributed by atoms with E-state index in [1.54, 1.807) is 0 Å². The van der Waals surface area contributed by atoms with Crippen LogP contribution in [0.4, 0.5) is 102 Å². The zero-order chi connectivity index (χ0) is 56.0. The molecule has 0 unspecified atom stereocenters. The molecule has 8 heteroatoms. The molecule has 0 atom stereocenters. The molecule has 0 spiro atoms. The lowest BCUT2D eigenvalue weighted by Crippen LogP contribution is -2.65. The number of hydrogen-bond acceptors (Lipinski definition) is 6. The molecule has 6 aliphatic heterocycles. The molecule has 12 aromatic rings. The fourth-order valence-electron chi connectivity index (χ4n) is 15.3. The Labute approximate surface area is 491 Å². The van der Waals surface area contributed by atoms with Crippen molar-refractivity contribution in [2.75, 3.05) is 29.4 Å². The predicted octanol–water partition coefficient (Wildman–Crippen LogP) is 16.4. The molecule has 0 N–H and O–H groups in total. The third-order valence-corrected chi connectivity index (χ3v) is 19.0. The third-order valence-electron chi connectivity index (χ3n) is 19.0. The zero-order valence-electron chi connectivity index (χ0n) is 47.8. The average Bonchev–Trinajstić information content (AvgIpc) is 0.803. The van der Waals surface area contributed by atoms with E-state index in [0.717, 1.165) is 34.1 Å². The van der Waals surface area contributed by atoms with Gasteiger partial charge in [0.15, 0.2) is 0 Å². The average molecular weight is 1070 g/mol. The maximum absolute atomic E-state index is 2.66. The highest BCUT2D eigenvalue weighted by Crippen LogP contribution is 2.58. The van der Waals surface area contributed by atoms with Crippen molar-refractivity contribution < 1.29 is 0 Å². The van der Waals surface area contributed by atoms with Gasteiger partial charge in [0.25, 0.3) is 13.4 Å². The van der Waals surface area contributed by atoms with E-state index in [-0.39, 0.29) is 13.4 Å². The van der Waals surface area contributed by atoms with E-state index in [4.69, 9.17) is 0 Å². The summed E-state index contributed by atoms with van der Waals surface area (Å²) >= 11 is 0. The number of aryl methyl sites for hydroxylation is 6. The number of anilines is 18. The quantitative estimate of drug-likeness (QED) is 0.154. The van der Waals surface area contributed by atoms with Crippen LogP contribution in [-0.2, 0) is 0 Å². The van der Waals surface area contributed by atoms with Gasteiger partial charge < -0.3 is 29.4 Å². The van der Waals surface area contributed by atoms with Crippen molar-refractivity contribution in [1.82, 2.24) is 0 Å². The molecule has 0 aromatic heterocycles. The van der Waals surface area contributed by atoms with Crippen molar-refractivity contribution in [3.63, 3.8) is 0 Å². The van der Waals surface area contributed by atoms with Gasteiger partial charge in [-0.1, -0.05) is 130 Å². The van der Waals surface area contributed by atoms with Gasteiger partial charge in [-0.05, 0) is 213 Å². The first-order valence-electron chi connectivity index (χ1n) is 29.6. The Morgan fingerprint density at radius 3 is 0.655 bits per heavy atom. The van der Waals surface area contributed by atoms with E-state index < -0.39 is 0 Å². The lowest BCUT2D eigenvalue weighted by molar-refractivity contribution is 1.21. The first-order valence-corrected chi connectivity index (χ1v) is 29.6. The van der Waals surface area contributed by atoms with Crippen LogP contribution in [0.15, 0.2) is 231 Å². The Kier molecular flexibility index (Phi) is 9.72. The lowest BCUT2D eigenvalue weighted by atomic mass is 9.31. The van der Waals surface area contributed by atoms with Crippen molar-refractivity contribution >= 4 is 159 Å². The van der Waals surface area contributed by atoms with Crippen LogP contribution in [0.1, 0.15) is 33.4 Å². The van der Waals surface area contributed by atoms with E-state index in [9.17, 15) is 0 Å². The molecule has 0 amide bonds. The molecular formula is C76H56B2N6. The van der Waals surface area contributed by atoms with E-state index in [0.29, 0.717) is 0 Å². The molecule has 84 heavy (non-hydrogen) atoms. The fraction of sp³-hybridized carbons (Fsp3) is 0.0789. The summed E-state index contributed by atoms with van der Waals surface area (Å²) in [5.74, 6) is 0. The maximum Gasteiger partial charge on any atom is 0.257 e. The summed E-state index contributed by atoms with van der Waals surface area (Å²) in [6, 6.07) is 88.5. The van der Waals surface area contributed by atoms with Gasteiger partial charge >= 0.3 is 0 Å². The largest absolute Gasteiger partial charge is 0.311 e. The minimum atomic E-state index is -0.102. The monoisotopic (exact) mass is 1070 g/mol. The predicted molar refractivity (Wildman–Crippen MR) is 357 cm³/mol. The SMILES string of the molecule is Cc1ccc(N2c3cccc4c3B3c5c2cccc5N(c2ccc(C)cc2)c2c3c(cc3cc5c6c(c23)N(c2ccc(C)cc2)c2cccc3c2B6c2c(cccc2N5c2ccc(C)cc2)N3c2ccc(C)cc2)N4c2ccc(C)cc2)cc1. The van der Waals surface area contributed by atoms with E-state index >= 15 is 0 Å². The first kappa shape index (κ1) is 47.5. The minimum absolute atomic E-state index is 0.102. The molecule has 6 heterocycles. The van der Waals surface area contributed by atoms with E-state index in [2.05, 4.69) is 301 Å². The van der Waals surface area contributed by atoms with Crippen LogP contribution in [-0.4, -0.2) is 13.4 Å². The number of rotatable bonds is 6. The molecule has 12 aromatic carbocycles. The van der Waals surface area contributed by atoms with Crippen LogP contribution < -0.4 is 62.2 Å². The van der Waals surface area contributed by atoms with Crippen molar-refractivity contribution in [3.8, 4) is 0 Å². The highest BCUT2D eigenvalue weighted by Gasteiger charge is 2.54. The zero-order valence-corrected chi connectivity index (χ0v) is 47.8. The van der Waals surface area contributed by atoms with Crippen molar-refractivity contribution in [2.24, 2.45) is 0 Å². The summed E-state index contributed by atoms with van der Waals surface area (Å²) in [5.41, 5.74) is 36.5. The van der Waals surface area contributed by atoms with E-state index in [1.165, 1.54) is 145 Å². The molecule has 0 aliphatic carbocycles. The maximum atomic E-state index is 2.66. The summed E-state index contributed by atoms with van der Waals surface area (Å²) in [7, 11) is 0. The standard InChI is InChI=1S/C76H56B2N6/c1-45-19-31-52(32-20-45)79-58-11-7-15-62-69(58)77-71-60(79)13-9-17-64(71)83(56-39-27-49(5)28-40-56)75-68-51(43-66(73(75)77)81(62)54-35-23-47(3)24-36-54)44-67-74-76(68)84(57-41-29-50(6)30-42-57)65-18-10-14-61-72(65)78(74)70-59(80(61)53-33-21-46(2)22-34-53)12-8-16-63(70)82(67)55-37-25-48(4)26-38-55/h7-44H,1-6H3. The summed E-state index contributed by atoms with van der Waals surface area (Å²) < 4.78 is 0. The summed E-state index contributed by atoms with van der Waals surface area (Å²) in [6.45, 7) is 13.0. The second kappa shape index (κ2) is 17.2. The van der Waals surface area contributed by atoms with Crippen LogP contribution in [0, 0.1) is 41.5 Å². The normalized spacial score (nSPS) is 14.1. The third kappa shape index (κ3) is 6.37. The molecule has 0 radical (unpaired) electrons. The molecule has 0 fully saturated rings. The van der Waals surface area contributed by atoms with Gasteiger partial charge in [0.2, 0.25) is 0 Å². The van der Waals surface area contributed by atoms with Gasteiger partial charge in [0.1, 0.15) is 0 Å². The Morgan fingerprint density at radius 1 is 0.214 bits per heavy atom. The van der Waals surface area contributed by atoms with Crippen LogP contribution >= 0.6 is 0 Å². The molecule has 0 saturated heterocycles. The Morgan fingerprint density at radius 2 is 0.417 bits per heavy atom. The molecule has 0 bridgehead atoms. The molecule has 396 valence electrons. The van der Waals surface area contributed by atoms with Gasteiger partial charge in [0.05, 0.1) is 11.4 Å². The van der Waals surface area contributed by atoms with Crippen molar-refractivity contribution in [2.45, 2.75) is 41.5 Å². The van der Waals surface area contributed by atoms with Crippen molar-refractivity contribution in [1.29, 1.82) is 0 Å². The Balaban J connectivity index is 1.05. The highest BCUT2D eigenvalue weighted by molar-refractivity contribution is 7.04. The number of benzene rings is 12. The Hall–Kier alpha value is -10.2. The summed E-state index contributed by atoms with van der Waals surface area (Å²) in [4.78, 5) is 15.6. The van der Waals surface area contributed by atoms with Gasteiger partial charge in [-0.2, -0.15) is 0 Å². The molecular weight excluding hydrogens is 1020 g/mol. The minimum Gasteiger partial charge on any atom is -0.311 e. The van der Waals surface area contributed by atoms with Gasteiger partial charge in [0, 0.05) is 96.4 Å². The second-order valence-electron chi connectivity index (χ2n) is 24.1. The van der Waals surface area contributed by atoms with Crippen molar-refractivity contribution in [3.05, 3.63) is 264 Å². The molecule has 6 aliphatic rings. The van der Waals surface area contributed by atoms with Gasteiger partial charge in [-0.25, -0.2) is 0 Å². The molecule has 6 nitrogen and oxygen atoms in total. The second-order valence-corrected chi connectivity index (χ2v) is 24.1. The number of nitrogens with zero attached hydrogens (tertiary/aromatic N) is 6. The Bertz CT molecular complexity index is 4470. The lowest BCUT2D eigenvalue weighted by Gasteiger charge is -2.51. The topological polar surface area (TPSA) is 19.4 Å². The van der Waals surface area contributed by atoms with Gasteiger partial charge in [-0.3, -0.25) is 0 Å². The molecule has 18 rings (SSSR count). The number of fused-ring (bicyclic) bond motifs is 3. The van der Waals surface area contributed by atoms with Crippen LogP contribution in [0.3, 0.4) is 0 Å². The smallest absolute Gasteiger partial charge is 0.257 e. The van der Waals surface area contributed by atoms with E-state index in [1.807, 2.05) is 0 Å². The number of hydrogen-bond donors (Lipinski definition) is 0. The summed E-state index contributed by atoms with van der Waals surface area (Å²) in [6.07, 6.45) is 0. The summed E-state index contributed by atoms with van der Waals surface area (Å²) in [5, 5.41) is 2.41. The molecule has 0 saturated carbocycles. The highest BCUT2D eigenvalue weighted by atomic mass is 15.2. The van der Waals surface area contributed by atoms with Gasteiger partial charge in [-0.15, -0.1) is 0 Å². The fourth-order valence-corrected chi connectivity index (χ4v) is 15.3. The first-order chi connectivity index (χ1) is 41.2. The van der Waals surface area contributed by atoms with Crippen LogP contribution in [0.5, 0.6) is 0 Å². The van der Waals surface area contributed by atoms with Crippen LogP contribution in [0.2, 0.25) is 0 Å². The van der Waals surface area contributed by atoms with Crippen LogP contribution in [0.25, 0.3) is 10.8 Å².